The molecule has 2 aliphatic heterocycles. The molecule has 0 saturated carbocycles. The summed E-state index contributed by atoms with van der Waals surface area (Å²) in [6, 6.07) is 3.09. The number of carbonyl (C=O) groups excluding carboxylic acids is 3. The van der Waals surface area contributed by atoms with Crippen molar-refractivity contribution in [2.24, 2.45) is 0 Å². The van der Waals surface area contributed by atoms with Crippen molar-refractivity contribution in [3.8, 4) is 11.5 Å². The molecule has 0 spiro atoms. The van der Waals surface area contributed by atoms with Crippen molar-refractivity contribution in [2.45, 2.75) is 12.2 Å². The molecule has 1 aromatic carbocycles. The lowest BCUT2D eigenvalue weighted by molar-refractivity contribution is -0.167. The number of carbonyl (C=O) groups is 3. The molecule has 0 radical (unpaired) electrons. The SMILES string of the molecule is CS(=O)(=O)CC(c1ccc2c(c1)OCO2)N1C(=O)c2csc(NC(=O)C(F)(F)F)c2C1=O. The van der Waals surface area contributed by atoms with Crippen molar-refractivity contribution >= 4 is 43.9 Å². The Morgan fingerprint density at radius 2 is 1.91 bits per heavy atom. The lowest BCUT2D eigenvalue weighted by Crippen LogP contribution is -2.38. The first-order valence-electron chi connectivity index (χ1n) is 8.81. The Hall–Kier alpha value is -3.13. The smallest absolute Gasteiger partial charge is 0.454 e. The van der Waals surface area contributed by atoms with Gasteiger partial charge in [0.15, 0.2) is 11.5 Å². The van der Waals surface area contributed by atoms with E-state index in [2.05, 4.69) is 0 Å². The number of benzene rings is 1. The van der Waals surface area contributed by atoms with E-state index in [0.717, 1.165) is 11.6 Å². The van der Waals surface area contributed by atoms with Crippen LogP contribution in [0.1, 0.15) is 32.3 Å². The van der Waals surface area contributed by atoms with Crippen LogP contribution in [-0.2, 0) is 14.6 Å². The zero-order valence-electron chi connectivity index (χ0n) is 16.1. The highest BCUT2D eigenvalue weighted by Crippen LogP contribution is 2.42. The van der Waals surface area contributed by atoms with Crippen molar-refractivity contribution in [1.82, 2.24) is 4.90 Å². The molecule has 3 amide bonds. The van der Waals surface area contributed by atoms with Crippen LogP contribution in [0.15, 0.2) is 23.6 Å². The van der Waals surface area contributed by atoms with Crippen molar-refractivity contribution < 1.29 is 45.4 Å². The molecule has 32 heavy (non-hydrogen) atoms. The van der Waals surface area contributed by atoms with E-state index in [-0.39, 0.29) is 23.7 Å². The van der Waals surface area contributed by atoms with Crippen LogP contribution in [0.2, 0.25) is 0 Å². The maximum absolute atomic E-state index is 13.1. The minimum atomic E-state index is -5.20. The summed E-state index contributed by atoms with van der Waals surface area (Å²) in [7, 11) is -3.72. The first-order chi connectivity index (χ1) is 14.9. The van der Waals surface area contributed by atoms with Crippen LogP contribution in [0, 0.1) is 0 Å². The number of hydrogen-bond acceptors (Lipinski definition) is 8. The van der Waals surface area contributed by atoms with Gasteiger partial charge in [-0.1, -0.05) is 6.07 Å². The highest BCUT2D eigenvalue weighted by atomic mass is 32.2. The summed E-state index contributed by atoms with van der Waals surface area (Å²) in [6.45, 7) is -0.0592. The molecule has 170 valence electrons. The maximum Gasteiger partial charge on any atom is 0.471 e. The molecule has 9 nitrogen and oxygen atoms in total. The number of nitrogens with one attached hydrogen (secondary N) is 1. The van der Waals surface area contributed by atoms with Gasteiger partial charge in [0, 0.05) is 11.6 Å². The van der Waals surface area contributed by atoms with E-state index in [4.69, 9.17) is 9.47 Å². The molecule has 14 heteroatoms. The van der Waals surface area contributed by atoms with Gasteiger partial charge in [0.1, 0.15) is 14.8 Å². The Balaban J connectivity index is 1.73. The van der Waals surface area contributed by atoms with E-state index < -0.39 is 56.1 Å². The number of fused-ring (bicyclic) bond motifs is 2. The largest absolute Gasteiger partial charge is 0.471 e. The summed E-state index contributed by atoms with van der Waals surface area (Å²) in [6.07, 6.45) is -4.28. The lowest BCUT2D eigenvalue weighted by Gasteiger charge is -2.26. The predicted octanol–water partition coefficient (Wildman–Crippen LogP) is 2.36. The fourth-order valence-corrected chi connectivity index (χ4v) is 5.18. The molecule has 1 N–H and O–H groups in total. The third kappa shape index (κ3) is 3.90. The molecule has 1 aromatic heterocycles. The number of imide groups is 1. The number of hydrogen-bond donors (Lipinski definition) is 1. The van der Waals surface area contributed by atoms with Crippen LogP contribution in [0.4, 0.5) is 18.2 Å². The van der Waals surface area contributed by atoms with Gasteiger partial charge in [-0.05, 0) is 17.7 Å². The van der Waals surface area contributed by atoms with Crippen LogP contribution in [-0.4, -0.2) is 56.0 Å². The number of anilines is 1. The maximum atomic E-state index is 13.1. The molecule has 1 unspecified atom stereocenters. The number of nitrogens with zero attached hydrogens (tertiary/aromatic N) is 1. The highest BCUT2D eigenvalue weighted by molar-refractivity contribution is 7.90. The average Bonchev–Trinajstić information content (AvgIpc) is 3.36. The Labute approximate surface area is 182 Å². The van der Waals surface area contributed by atoms with E-state index in [1.54, 1.807) is 5.32 Å². The topological polar surface area (TPSA) is 119 Å². The Bertz CT molecular complexity index is 1250. The third-order valence-corrected chi connectivity index (χ3v) is 6.53. The summed E-state index contributed by atoms with van der Waals surface area (Å²) in [4.78, 5) is 38.0. The van der Waals surface area contributed by atoms with E-state index >= 15 is 0 Å². The van der Waals surface area contributed by atoms with Gasteiger partial charge in [-0.3, -0.25) is 19.3 Å². The first-order valence-corrected chi connectivity index (χ1v) is 11.8. The van der Waals surface area contributed by atoms with Crippen LogP contribution in [0.5, 0.6) is 11.5 Å². The molecule has 0 aliphatic carbocycles. The molecule has 1 atom stereocenters. The number of thiophene rings is 1. The monoisotopic (exact) mass is 490 g/mol. The standard InChI is InChI=1S/C18H13F3N2O7S2/c1-32(27,28)6-10(8-2-3-11-12(4-8)30-7-29-11)23-15(24)9-5-31-14(13(9)16(23)25)22-17(26)18(19,20)21/h2-5,10H,6-7H2,1H3,(H,22,26). The summed E-state index contributed by atoms with van der Waals surface area (Å²) in [5.74, 6) is -4.17. The fraction of sp³-hybridized carbons (Fsp3) is 0.278. The molecule has 0 bridgehead atoms. The van der Waals surface area contributed by atoms with E-state index in [9.17, 15) is 36.0 Å². The van der Waals surface area contributed by atoms with Crippen molar-refractivity contribution in [1.29, 1.82) is 0 Å². The van der Waals surface area contributed by atoms with E-state index in [1.165, 1.54) is 18.2 Å². The number of rotatable bonds is 5. The zero-order chi connectivity index (χ0) is 23.4. The summed E-state index contributed by atoms with van der Waals surface area (Å²) >= 11 is 0.588. The van der Waals surface area contributed by atoms with Crippen LogP contribution >= 0.6 is 11.3 Å². The fourth-order valence-electron chi connectivity index (χ4n) is 3.35. The number of sulfone groups is 1. The molecular formula is C18H13F3N2O7S2. The first kappa shape index (κ1) is 22.1. The van der Waals surface area contributed by atoms with Gasteiger partial charge in [0.05, 0.1) is 22.9 Å². The van der Waals surface area contributed by atoms with Gasteiger partial charge < -0.3 is 14.8 Å². The van der Waals surface area contributed by atoms with Crippen LogP contribution < -0.4 is 14.8 Å². The molecule has 2 aliphatic rings. The van der Waals surface area contributed by atoms with Gasteiger partial charge in [-0.25, -0.2) is 8.42 Å². The second-order valence-corrected chi connectivity index (χ2v) is 10.1. The number of ether oxygens (including phenoxy) is 2. The minimum absolute atomic E-state index is 0.0592. The second-order valence-electron chi connectivity index (χ2n) is 7.01. The Morgan fingerprint density at radius 1 is 1.22 bits per heavy atom. The van der Waals surface area contributed by atoms with Gasteiger partial charge in [0.2, 0.25) is 6.79 Å². The average molecular weight is 490 g/mol. The van der Waals surface area contributed by atoms with Gasteiger partial charge in [-0.15, -0.1) is 11.3 Å². The van der Waals surface area contributed by atoms with Crippen molar-refractivity contribution in [3.05, 3.63) is 40.3 Å². The van der Waals surface area contributed by atoms with Gasteiger partial charge in [-0.2, -0.15) is 13.2 Å². The summed E-state index contributed by atoms with van der Waals surface area (Å²) in [5.41, 5.74) is -0.398. The molecular weight excluding hydrogens is 477 g/mol. The Morgan fingerprint density at radius 3 is 2.56 bits per heavy atom. The van der Waals surface area contributed by atoms with Gasteiger partial charge in [0.25, 0.3) is 11.8 Å². The molecule has 0 fully saturated rings. The number of halogens is 3. The molecule has 2 aromatic rings. The lowest BCUT2D eigenvalue weighted by atomic mass is 10.1. The highest BCUT2D eigenvalue weighted by Gasteiger charge is 2.46. The van der Waals surface area contributed by atoms with Gasteiger partial charge >= 0.3 is 12.1 Å². The van der Waals surface area contributed by atoms with Crippen molar-refractivity contribution in [2.75, 3.05) is 24.1 Å². The molecule has 3 heterocycles. The van der Waals surface area contributed by atoms with Crippen LogP contribution in [0.25, 0.3) is 0 Å². The normalized spacial score (nSPS) is 16.3. The van der Waals surface area contributed by atoms with E-state index in [0.29, 0.717) is 22.0 Å². The Kier molecular flexibility index (Phi) is 5.16. The number of amides is 3. The quantitative estimate of drug-likeness (QED) is 0.639. The summed E-state index contributed by atoms with van der Waals surface area (Å²) in [5, 5.41) is 2.28. The minimum Gasteiger partial charge on any atom is -0.454 e. The zero-order valence-corrected chi connectivity index (χ0v) is 17.7. The van der Waals surface area contributed by atoms with E-state index in [1.807, 2.05) is 0 Å². The van der Waals surface area contributed by atoms with Crippen molar-refractivity contribution in [3.63, 3.8) is 0 Å². The van der Waals surface area contributed by atoms with Crippen LogP contribution in [0.3, 0.4) is 0 Å². The second kappa shape index (κ2) is 7.48. The summed E-state index contributed by atoms with van der Waals surface area (Å²) < 4.78 is 72.5. The number of alkyl halides is 3. The molecule has 0 saturated heterocycles. The molecule has 4 rings (SSSR count). The predicted molar refractivity (Wildman–Crippen MR) is 105 cm³/mol. The third-order valence-electron chi connectivity index (χ3n) is 4.71.